The van der Waals surface area contributed by atoms with Gasteiger partial charge >= 0.3 is 0 Å². The Hall–Kier alpha value is -1.92. The summed E-state index contributed by atoms with van der Waals surface area (Å²) in [6.07, 6.45) is 3.51. The van der Waals surface area contributed by atoms with Gasteiger partial charge in [0.05, 0.1) is 6.42 Å². The normalized spacial score (nSPS) is 18.2. The van der Waals surface area contributed by atoms with Gasteiger partial charge in [-0.2, -0.15) is 0 Å². The van der Waals surface area contributed by atoms with Crippen LogP contribution in [0.2, 0.25) is 5.02 Å². The Morgan fingerprint density at radius 3 is 3.04 bits per heavy atom. The highest BCUT2D eigenvalue weighted by atomic mass is 35.5. The summed E-state index contributed by atoms with van der Waals surface area (Å²) in [5.74, 6) is 0.214. The minimum atomic E-state index is -0.450. The molecule has 1 aliphatic heterocycles. The Balaban J connectivity index is 1.83. The van der Waals surface area contributed by atoms with Crippen molar-refractivity contribution in [1.29, 1.82) is 0 Å². The van der Waals surface area contributed by atoms with Crippen LogP contribution in [-0.2, 0) is 18.3 Å². The van der Waals surface area contributed by atoms with Crippen LogP contribution in [0.25, 0.3) is 0 Å². The zero-order chi connectivity index (χ0) is 16.4. The number of hydrogen-bond acceptors (Lipinski definition) is 3. The molecule has 2 aromatic rings. The van der Waals surface area contributed by atoms with Crippen molar-refractivity contribution in [2.24, 2.45) is 7.05 Å². The van der Waals surface area contributed by atoms with Crippen LogP contribution in [0.3, 0.4) is 0 Å². The van der Waals surface area contributed by atoms with Crippen LogP contribution in [-0.4, -0.2) is 40.0 Å². The van der Waals surface area contributed by atoms with Crippen LogP contribution in [0, 0.1) is 5.82 Å². The molecule has 0 spiro atoms. The molecule has 2 heterocycles. The maximum absolute atomic E-state index is 13.9. The van der Waals surface area contributed by atoms with Crippen LogP contribution >= 0.6 is 11.6 Å². The molecule has 1 aromatic heterocycles. The minimum Gasteiger partial charge on any atom is -0.336 e. The van der Waals surface area contributed by atoms with E-state index in [1.807, 2.05) is 17.8 Å². The van der Waals surface area contributed by atoms with E-state index in [-0.39, 0.29) is 29.0 Å². The van der Waals surface area contributed by atoms with Crippen molar-refractivity contribution in [3.63, 3.8) is 0 Å². The first-order chi connectivity index (χ1) is 11.1. The van der Waals surface area contributed by atoms with Crippen LogP contribution in [0.15, 0.2) is 30.6 Å². The van der Waals surface area contributed by atoms with Crippen molar-refractivity contribution in [3.8, 4) is 0 Å². The van der Waals surface area contributed by atoms with Crippen LogP contribution in [0.5, 0.6) is 0 Å². The molecule has 5 nitrogen and oxygen atoms in total. The van der Waals surface area contributed by atoms with Gasteiger partial charge < -0.3 is 14.8 Å². The summed E-state index contributed by atoms with van der Waals surface area (Å²) in [5, 5.41) is 3.55. The average Bonchev–Trinajstić information content (AvgIpc) is 2.97. The number of carbonyl (C=O) groups is 1. The van der Waals surface area contributed by atoms with Crippen molar-refractivity contribution >= 4 is 17.5 Å². The molecule has 1 N–H and O–H groups in total. The molecule has 1 fully saturated rings. The van der Waals surface area contributed by atoms with Gasteiger partial charge in [0, 0.05) is 49.7 Å². The summed E-state index contributed by atoms with van der Waals surface area (Å²) < 4.78 is 15.8. The molecule has 1 aromatic carbocycles. The molecule has 1 atom stereocenters. The van der Waals surface area contributed by atoms with Gasteiger partial charge in [0.25, 0.3) is 0 Å². The lowest BCUT2D eigenvalue weighted by Gasteiger charge is -2.36. The predicted octanol–water partition coefficient (Wildman–Crippen LogP) is 1.93. The molecule has 1 unspecified atom stereocenters. The van der Waals surface area contributed by atoms with E-state index in [0.717, 1.165) is 5.82 Å². The first kappa shape index (κ1) is 16.0. The maximum Gasteiger partial charge on any atom is 0.227 e. The van der Waals surface area contributed by atoms with Gasteiger partial charge in [-0.3, -0.25) is 4.79 Å². The molecule has 3 rings (SSSR count). The number of halogens is 2. The van der Waals surface area contributed by atoms with Gasteiger partial charge in [0.2, 0.25) is 5.91 Å². The fourth-order valence-electron chi connectivity index (χ4n) is 2.89. The zero-order valence-electron chi connectivity index (χ0n) is 12.8. The number of nitrogens with zero attached hydrogens (tertiary/aromatic N) is 3. The summed E-state index contributed by atoms with van der Waals surface area (Å²) in [7, 11) is 1.90. The van der Waals surface area contributed by atoms with Gasteiger partial charge in [0.1, 0.15) is 17.7 Å². The molecule has 1 saturated heterocycles. The molecule has 122 valence electrons. The molecule has 1 aliphatic rings. The second kappa shape index (κ2) is 6.68. The van der Waals surface area contributed by atoms with Gasteiger partial charge in [-0.1, -0.05) is 17.7 Å². The summed E-state index contributed by atoms with van der Waals surface area (Å²) >= 11 is 6.03. The molecule has 0 aliphatic carbocycles. The second-order valence-electron chi connectivity index (χ2n) is 5.58. The topological polar surface area (TPSA) is 50.2 Å². The van der Waals surface area contributed by atoms with E-state index in [9.17, 15) is 9.18 Å². The highest BCUT2D eigenvalue weighted by molar-refractivity contribution is 6.31. The largest absolute Gasteiger partial charge is 0.336 e. The Bertz CT molecular complexity index is 698. The van der Waals surface area contributed by atoms with E-state index in [2.05, 4.69) is 10.3 Å². The number of rotatable bonds is 3. The molecule has 23 heavy (non-hydrogen) atoms. The Kier molecular flexibility index (Phi) is 4.63. The number of benzene rings is 1. The Labute approximate surface area is 139 Å². The van der Waals surface area contributed by atoms with Crippen molar-refractivity contribution < 1.29 is 9.18 Å². The third kappa shape index (κ3) is 3.23. The van der Waals surface area contributed by atoms with E-state index in [0.29, 0.717) is 19.6 Å². The first-order valence-corrected chi connectivity index (χ1v) is 7.86. The van der Waals surface area contributed by atoms with Gasteiger partial charge in [-0.15, -0.1) is 0 Å². The van der Waals surface area contributed by atoms with E-state index < -0.39 is 5.82 Å². The zero-order valence-corrected chi connectivity index (χ0v) is 13.6. The van der Waals surface area contributed by atoms with E-state index in [4.69, 9.17) is 11.6 Å². The van der Waals surface area contributed by atoms with E-state index in [1.54, 1.807) is 17.2 Å². The van der Waals surface area contributed by atoms with Gasteiger partial charge in [-0.05, 0) is 12.1 Å². The number of piperazine rings is 1. The van der Waals surface area contributed by atoms with Crippen LogP contribution in [0.4, 0.5) is 4.39 Å². The second-order valence-corrected chi connectivity index (χ2v) is 5.99. The standard InChI is InChI=1S/C16H18ClFN4O/c1-21-7-6-20-16(21)14-10-19-5-8-22(14)15(23)9-11-12(17)3-2-4-13(11)18/h2-4,6-7,14,19H,5,8-10H2,1H3. The fraction of sp³-hybridized carbons (Fsp3) is 0.375. The van der Waals surface area contributed by atoms with E-state index >= 15 is 0 Å². The lowest BCUT2D eigenvalue weighted by Crippen LogP contribution is -2.50. The molecular weight excluding hydrogens is 319 g/mol. The summed E-state index contributed by atoms with van der Waals surface area (Å²) in [5.41, 5.74) is 0.247. The number of amides is 1. The number of aromatic nitrogens is 2. The molecule has 0 saturated carbocycles. The average molecular weight is 337 g/mol. The number of nitrogens with one attached hydrogen (secondary N) is 1. The van der Waals surface area contributed by atoms with Crippen LogP contribution in [0.1, 0.15) is 17.4 Å². The summed E-state index contributed by atoms with van der Waals surface area (Å²) in [6, 6.07) is 4.29. The smallest absolute Gasteiger partial charge is 0.227 e. The van der Waals surface area contributed by atoms with Crippen molar-refractivity contribution in [2.45, 2.75) is 12.5 Å². The third-order valence-corrected chi connectivity index (χ3v) is 4.46. The number of hydrogen-bond donors (Lipinski definition) is 1. The monoisotopic (exact) mass is 336 g/mol. The number of carbonyl (C=O) groups excluding carboxylic acids is 1. The molecule has 7 heteroatoms. The lowest BCUT2D eigenvalue weighted by atomic mass is 10.1. The Morgan fingerprint density at radius 1 is 1.52 bits per heavy atom. The van der Waals surface area contributed by atoms with Crippen molar-refractivity contribution in [1.82, 2.24) is 19.8 Å². The molecule has 0 radical (unpaired) electrons. The predicted molar refractivity (Wildman–Crippen MR) is 85.6 cm³/mol. The van der Waals surface area contributed by atoms with Crippen molar-refractivity contribution in [3.05, 3.63) is 52.8 Å². The molecular formula is C16H18ClFN4O. The lowest BCUT2D eigenvalue weighted by molar-refractivity contribution is -0.134. The summed E-state index contributed by atoms with van der Waals surface area (Å²) in [6.45, 7) is 1.89. The summed E-state index contributed by atoms with van der Waals surface area (Å²) in [4.78, 5) is 18.8. The van der Waals surface area contributed by atoms with Gasteiger partial charge in [-0.25, -0.2) is 9.37 Å². The number of aryl methyl sites for hydroxylation is 1. The van der Waals surface area contributed by atoms with Crippen LogP contribution < -0.4 is 5.32 Å². The minimum absolute atomic E-state index is 0.0492. The fourth-order valence-corrected chi connectivity index (χ4v) is 3.12. The Morgan fingerprint density at radius 2 is 2.35 bits per heavy atom. The molecule has 0 bridgehead atoms. The number of imidazole rings is 1. The van der Waals surface area contributed by atoms with Gasteiger partial charge in [0.15, 0.2) is 0 Å². The first-order valence-electron chi connectivity index (χ1n) is 7.48. The molecule has 1 amide bonds. The SMILES string of the molecule is Cn1ccnc1C1CNCCN1C(=O)Cc1c(F)cccc1Cl. The quantitative estimate of drug-likeness (QED) is 0.931. The van der Waals surface area contributed by atoms with E-state index in [1.165, 1.54) is 12.1 Å². The van der Waals surface area contributed by atoms with Crippen molar-refractivity contribution in [2.75, 3.05) is 19.6 Å². The highest BCUT2D eigenvalue weighted by Crippen LogP contribution is 2.24. The highest BCUT2D eigenvalue weighted by Gasteiger charge is 2.30. The maximum atomic E-state index is 13.9. The third-order valence-electron chi connectivity index (χ3n) is 4.11.